The van der Waals surface area contributed by atoms with E-state index >= 15 is 0 Å². The molecular weight excluding hydrogens is 388 g/mol. The highest BCUT2D eigenvalue weighted by Gasteiger charge is 2.26. The lowest BCUT2D eigenvalue weighted by Crippen LogP contribution is -2.45. The molecule has 0 radical (unpaired) electrons. The van der Waals surface area contributed by atoms with Gasteiger partial charge in [0.25, 0.3) is 0 Å². The zero-order chi connectivity index (χ0) is 22.5. The lowest BCUT2D eigenvalue weighted by molar-refractivity contribution is -0.127. The van der Waals surface area contributed by atoms with Crippen LogP contribution in [0.15, 0.2) is 36.4 Å². The van der Waals surface area contributed by atoms with Gasteiger partial charge in [0.1, 0.15) is 17.4 Å². The Kier molecular flexibility index (Phi) is 7.31. The van der Waals surface area contributed by atoms with Crippen LogP contribution in [0.2, 0.25) is 0 Å². The van der Waals surface area contributed by atoms with Crippen LogP contribution in [0, 0.1) is 6.92 Å². The van der Waals surface area contributed by atoms with Crippen LogP contribution in [0.4, 0.5) is 5.82 Å². The highest BCUT2D eigenvalue weighted by atomic mass is 16.5. The Hall–Kier alpha value is -2.89. The van der Waals surface area contributed by atoms with Gasteiger partial charge in [-0.05, 0) is 38.3 Å². The number of nitrogens with zero attached hydrogens (tertiary/aromatic N) is 4. The maximum absolute atomic E-state index is 12.9. The van der Waals surface area contributed by atoms with Crippen molar-refractivity contribution in [3.63, 3.8) is 0 Å². The second-order valence-electron chi connectivity index (χ2n) is 8.58. The molecule has 1 saturated heterocycles. The molecule has 0 N–H and O–H groups in total. The fourth-order valence-corrected chi connectivity index (χ4v) is 3.99. The van der Waals surface area contributed by atoms with Crippen LogP contribution in [0.3, 0.4) is 0 Å². The number of aryl methyl sites for hydroxylation is 1. The summed E-state index contributed by atoms with van der Waals surface area (Å²) in [5, 5.41) is 0. The van der Waals surface area contributed by atoms with Gasteiger partial charge in [-0.2, -0.15) is 0 Å². The molecule has 1 aromatic heterocycles. The SMILES string of the molecule is COc1ccccc1/C(C)=C/C(=O)N(C)C1CCN(c2cc(C)nc(C(C)C)n2)CC1. The van der Waals surface area contributed by atoms with Gasteiger partial charge in [0.15, 0.2) is 0 Å². The molecule has 2 heterocycles. The summed E-state index contributed by atoms with van der Waals surface area (Å²) >= 11 is 0. The molecular formula is C25H34N4O2. The van der Waals surface area contributed by atoms with E-state index in [1.807, 2.05) is 50.1 Å². The monoisotopic (exact) mass is 422 g/mol. The minimum Gasteiger partial charge on any atom is -0.496 e. The van der Waals surface area contributed by atoms with Gasteiger partial charge in [-0.25, -0.2) is 9.97 Å². The number of anilines is 1. The Morgan fingerprint density at radius 2 is 1.90 bits per heavy atom. The van der Waals surface area contributed by atoms with E-state index < -0.39 is 0 Å². The molecule has 1 aliphatic rings. The summed E-state index contributed by atoms with van der Waals surface area (Å²) in [5.74, 6) is 3.00. The third kappa shape index (κ3) is 5.43. The highest BCUT2D eigenvalue weighted by Crippen LogP contribution is 2.26. The fourth-order valence-electron chi connectivity index (χ4n) is 3.99. The number of likely N-dealkylation sites (N-methyl/N-ethyl adjacent to an activating group) is 1. The third-order valence-electron chi connectivity index (χ3n) is 5.93. The molecule has 0 unspecified atom stereocenters. The molecule has 1 aliphatic heterocycles. The number of methoxy groups -OCH3 is 1. The van der Waals surface area contributed by atoms with Gasteiger partial charge in [0.05, 0.1) is 7.11 Å². The molecule has 0 bridgehead atoms. The summed E-state index contributed by atoms with van der Waals surface area (Å²) in [5.41, 5.74) is 2.85. The van der Waals surface area contributed by atoms with Crippen LogP contribution in [-0.4, -0.2) is 54.1 Å². The maximum atomic E-state index is 12.9. The lowest BCUT2D eigenvalue weighted by atomic mass is 10.0. The first kappa shape index (κ1) is 22.8. The van der Waals surface area contributed by atoms with Crippen molar-refractivity contribution in [2.24, 2.45) is 0 Å². The van der Waals surface area contributed by atoms with Crippen molar-refractivity contribution in [1.29, 1.82) is 0 Å². The third-order valence-corrected chi connectivity index (χ3v) is 5.93. The van der Waals surface area contributed by atoms with E-state index in [1.54, 1.807) is 13.2 Å². The van der Waals surface area contributed by atoms with E-state index in [4.69, 9.17) is 9.72 Å². The lowest BCUT2D eigenvalue weighted by Gasteiger charge is -2.37. The Morgan fingerprint density at radius 1 is 1.23 bits per heavy atom. The zero-order valence-electron chi connectivity index (χ0n) is 19.6. The number of para-hydroxylation sites is 1. The summed E-state index contributed by atoms with van der Waals surface area (Å²) in [6, 6.07) is 10.1. The van der Waals surface area contributed by atoms with E-state index in [9.17, 15) is 4.79 Å². The normalized spacial score (nSPS) is 15.3. The van der Waals surface area contributed by atoms with Crippen molar-refractivity contribution in [1.82, 2.24) is 14.9 Å². The molecule has 0 spiro atoms. The first-order valence-electron chi connectivity index (χ1n) is 11.0. The van der Waals surface area contributed by atoms with Crippen molar-refractivity contribution in [3.05, 3.63) is 53.5 Å². The van der Waals surface area contributed by atoms with Gasteiger partial charge in [-0.1, -0.05) is 32.0 Å². The molecule has 2 aromatic rings. The van der Waals surface area contributed by atoms with Gasteiger partial charge < -0.3 is 14.5 Å². The highest BCUT2D eigenvalue weighted by molar-refractivity contribution is 5.95. The van der Waals surface area contributed by atoms with Crippen molar-refractivity contribution in [2.45, 2.75) is 52.5 Å². The molecule has 6 nitrogen and oxygen atoms in total. The second-order valence-corrected chi connectivity index (χ2v) is 8.58. The summed E-state index contributed by atoms with van der Waals surface area (Å²) in [6.45, 7) is 9.97. The quantitative estimate of drug-likeness (QED) is 0.644. The largest absolute Gasteiger partial charge is 0.496 e. The zero-order valence-corrected chi connectivity index (χ0v) is 19.6. The number of allylic oxidation sites excluding steroid dienone is 1. The number of aromatic nitrogens is 2. The summed E-state index contributed by atoms with van der Waals surface area (Å²) in [7, 11) is 3.55. The van der Waals surface area contributed by atoms with Crippen molar-refractivity contribution in [3.8, 4) is 5.75 Å². The maximum Gasteiger partial charge on any atom is 0.246 e. The Labute approximate surface area is 186 Å². The first-order chi connectivity index (χ1) is 14.8. The van der Waals surface area contributed by atoms with Gasteiger partial charge in [0, 0.05) is 55.5 Å². The van der Waals surface area contributed by atoms with Crippen LogP contribution >= 0.6 is 0 Å². The summed E-state index contributed by atoms with van der Waals surface area (Å²) < 4.78 is 5.43. The Balaban J connectivity index is 1.65. The van der Waals surface area contributed by atoms with E-state index in [1.165, 1.54) is 0 Å². The van der Waals surface area contributed by atoms with Crippen molar-refractivity contribution >= 4 is 17.3 Å². The van der Waals surface area contributed by atoms with E-state index in [0.717, 1.165) is 60.2 Å². The van der Waals surface area contributed by atoms with Gasteiger partial charge in [-0.3, -0.25) is 4.79 Å². The summed E-state index contributed by atoms with van der Waals surface area (Å²) in [4.78, 5) is 26.4. The number of benzene rings is 1. The number of carbonyl (C=O) groups is 1. The fraction of sp³-hybridized carbons (Fsp3) is 0.480. The molecule has 3 rings (SSSR count). The van der Waals surface area contributed by atoms with Crippen LogP contribution < -0.4 is 9.64 Å². The predicted molar refractivity (Wildman–Crippen MR) is 126 cm³/mol. The molecule has 6 heteroatoms. The molecule has 1 aromatic carbocycles. The Bertz CT molecular complexity index is 946. The van der Waals surface area contributed by atoms with E-state index in [0.29, 0.717) is 5.92 Å². The van der Waals surface area contributed by atoms with Gasteiger partial charge in [0.2, 0.25) is 5.91 Å². The van der Waals surface area contributed by atoms with Crippen molar-refractivity contribution in [2.75, 3.05) is 32.1 Å². The predicted octanol–water partition coefficient (Wildman–Crippen LogP) is 4.45. The van der Waals surface area contributed by atoms with Gasteiger partial charge in [-0.15, -0.1) is 0 Å². The number of amides is 1. The number of carbonyl (C=O) groups excluding carboxylic acids is 1. The minimum atomic E-state index is 0.0295. The van der Waals surface area contributed by atoms with Crippen molar-refractivity contribution < 1.29 is 9.53 Å². The molecule has 0 saturated carbocycles. The minimum absolute atomic E-state index is 0.0295. The molecule has 31 heavy (non-hydrogen) atoms. The Morgan fingerprint density at radius 3 is 2.55 bits per heavy atom. The smallest absolute Gasteiger partial charge is 0.246 e. The van der Waals surface area contributed by atoms with Crippen LogP contribution in [0.25, 0.3) is 5.57 Å². The number of ether oxygens (including phenoxy) is 1. The molecule has 0 aliphatic carbocycles. The second kappa shape index (κ2) is 9.94. The number of hydrogen-bond acceptors (Lipinski definition) is 5. The van der Waals surface area contributed by atoms with Crippen LogP contribution in [-0.2, 0) is 4.79 Å². The van der Waals surface area contributed by atoms with Crippen LogP contribution in [0.1, 0.15) is 56.6 Å². The average Bonchev–Trinajstić information content (AvgIpc) is 2.78. The van der Waals surface area contributed by atoms with E-state index in [2.05, 4.69) is 29.8 Å². The molecule has 1 amide bonds. The van der Waals surface area contributed by atoms with Gasteiger partial charge >= 0.3 is 0 Å². The number of rotatable bonds is 6. The average molecular weight is 423 g/mol. The van der Waals surface area contributed by atoms with E-state index in [-0.39, 0.29) is 11.9 Å². The molecule has 0 atom stereocenters. The number of hydrogen-bond donors (Lipinski definition) is 0. The number of piperidine rings is 1. The molecule has 1 fully saturated rings. The van der Waals surface area contributed by atoms with Crippen LogP contribution in [0.5, 0.6) is 5.75 Å². The standard InChI is InChI=1S/C25H34N4O2/c1-17(2)25-26-19(4)16-23(27-25)29-13-11-20(12-14-29)28(5)24(30)15-18(3)21-9-7-8-10-22(21)31-6/h7-10,15-17,20H,11-14H2,1-6H3/b18-15+. The topological polar surface area (TPSA) is 58.6 Å². The summed E-state index contributed by atoms with van der Waals surface area (Å²) in [6.07, 6.45) is 3.56. The molecule has 166 valence electrons. The first-order valence-corrected chi connectivity index (χ1v) is 11.0.